The van der Waals surface area contributed by atoms with Gasteiger partial charge in [-0.2, -0.15) is 13.2 Å². The summed E-state index contributed by atoms with van der Waals surface area (Å²) in [4.78, 5) is 16.7. The van der Waals surface area contributed by atoms with E-state index in [1.807, 2.05) is 72.8 Å². The zero-order valence-corrected chi connectivity index (χ0v) is 18.9. The van der Waals surface area contributed by atoms with E-state index in [1.165, 1.54) is 0 Å². The van der Waals surface area contributed by atoms with Crippen molar-refractivity contribution in [2.45, 2.75) is 5.51 Å². The van der Waals surface area contributed by atoms with Crippen molar-refractivity contribution in [1.29, 1.82) is 0 Å². The Hall–Kier alpha value is -2.96. The molecule has 0 aliphatic heterocycles. The number of aromatic nitrogens is 4. The normalized spacial score (nSPS) is 10.4. The molecule has 4 rings (SSSR count). The molecule has 0 unspecified atom stereocenters. The van der Waals surface area contributed by atoms with E-state index in [4.69, 9.17) is 13.0 Å². The van der Waals surface area contributed by atoms with Gasteiger partial charge in [0.15, 0.2) is 10.1 Å². The second kappa shape index (κ2) is 13.6. The molecule has 0 aliphatic carbocycles. The molecular weight excluding hydrogens is 553 g/mol. The van der Waals surface area contributed by atoms with Crippen LogP contribution in [-0.2, 0) is 32.5 Å². The molecule has 4 aromatic rings. The van der Waals surface area contributed by atoms with Crippen LogP contribution in [0.4, 0.5) is 13.2 Å². The summed E-state index contributed by atoms with van der Waals surface area (Å²) in [5.74, 6) is 0. The first-order valence-electron chi connectivity index (χ1n) is 8.85. The summed E-state index contributed by atoms with van der Waals surface area (Å²) in [6.07, 6.45) is 7.07. The van der Waals surface area contributed by atoms with Gasteiger partial charge in [-0.25, -0.2) is 8.42 Å². The van der Waals surface area contributed by atoms with Crippen LogP contribution in [0, 0.1) is 0 Å². The van der Waals surface area contributed by atoms with Gasteiger partial charge < -0.3 is 4.55 Å². The van der Waals surface area contributed by atoms with Crippen molar-refractivity contribution < 1.29 is 48.5 Å². The van der Waals surface area contributed by atoms with Crippen molar-refractivity contribution in [3.05, 3.63) is 97.6 Å². The van der Waals surface area contributed by atoms with E-state index in [2.05, 4.69) is 19.9 Å². The van der Waals surface area contributed by atoms with Gasteiger partial charge in [0, 0.05) is 24.8 Å². The monoisotopic (exact) mass is 568 g/mol. The molecule has 33 heavy (non-hydrogen) atoms. The maximum atomic E-state index is 10.7. The van der Waals surface area contributed by atoms with E-state index in [1.54, 1.807) is 24.8 Å². The average molecular weight is 569 g/mol. The van der Waals surface area contributed by atoms with Gasteiger partial charge in [-0.15, -0.1) is 0 Å². The van der Waals surface area contributed by atoms with Crippen LogP contribution in [0.25, 0.3) is 22.8 Å². The molecule has 0 aliphatic rings. The molecule has 7 nitrogen and oxygen atoms in total. The van der Waals surface area contributed by atoms with Crippen molar-refractivity contribution in [3.63, 3.8) is 0 Å². The Morgan fingerprint density at radius 3 is 0.909 bits per heavy atom. The fourth-order valence-corrected chi connectivity index (χ4v) is 2.06. The van der Waals surface area contributed by atoms with Gasteiger partial charge >= 0.3 is 27.9 Å². The molecule has 0 saturated carbocycles. The first-order valence-corrected chi connectivity index (χ1v) is 10.3. The largest absolute Gasteiger partial charge is 1.00 e. The molecule has 0 bridgehead atoms. The Bertz CT molecular complexity index is 1020. The summed E-state index contributed by atoms with van der Waals surface area (Å²) < 4.78 is 58.9. The standard InChI is InChI=1S/2C10H8N2.CHF3O3S.Ag/c2*1-3-7-11-9(5-1)10-6-2-4-8-12-10;2-1(3,4)8(5,6)7;/h2*1-8H;(H,5,6,7);/q;;;+1/p-1. The Balaban J connectivity index is 0.000000250. The molecule has 0 saturated heterocycles. The van der Waals surface area contributed by atoms with Crippen molar-refractivity contribution in [2.24, 2.45) is 0 Å². The summed E-state index contributed by atoms with van der Waals surface area (Å²) in [5, 5.41) is 0. The van der Waals surface area contributed by atoms with Crippen LogP contribution in [0.15, 0.2) is 97.6 Å². The zero-order chi connectivity index (χ0) is 23.5. The molecule has 0 N–H and O–H groups in total. The first kappa shape index (κ1) is 28.1. The average Bonchev–Trinajstić information content (AvgIpc) is 2.81. The SMILES string of the molecule is O=S(=O)([O-])C(F)(F)F.[Ag+].c1ccc(-c2ccccn2)nc1.c1ccc(-c2ccccn2)nc1. The Kier molecular flexibility index (Phi) is 11.5. The van der Waals surface area contributed by atoms with Gasteiger partial charge in [0.25, 0.3) is 0 Å². The van der Waals surface area contributed by atoms with Crippen LogP contribution >= 0.6 is 0 Å². The minimum atomic E-state index is -6.09. The molecule has 176 valence electrons. The minimum absolute atomic E-state index is 0. The smallest absolute Gasteiger partial charge is 0.741 e. The van der Waals surface area contributed by atoms with E-state index in [0.717, 1.165) is 22.8 Å². The number of halogens is 3. The molecule has 0 radical (unpaired) electrons. The third-order valence-electron chi connectivity index (χ3n) is 3.47. The first-order chi connectivity index (χ1) is 15.2. The second-order valence-electron chi connectivity index (χ2n) is 5.76. The molecule has 0 spiro atoms. The molecule has 4 aromatic heterocycles. The van der Waals surface area contributed by atoms with Gasteiger partial charge in [0.1, 0.15) is 0 Å². The number of hydrogen-bond donors (Lipinski definition) is 0. The number of hydrogen-bond acceptors (Lipinski definition) is 7. The van der Waals surface area contributed by atoms with Crippen LogP contribution in [0.5, 0.6) is 0 Å². The van der Waals surface area contributed by atoms with Crippen LogP contribution < -0.4 is 0 Å². The third-order valence-corrected chi connectivity index (χ3v) is 4.03. The van der Waals surface area contributed by atoms with Gasteiger partial charge in [-0.3, -0.25) is 19.9 Å². The molecule has 4 heterocycles. The third kappa shape index (κ3) is 10.0. The number of rotatable bonds is 2. The fraction of sp³-hybridized carbons (Fsp3) is 0.0476. The van der Waals surface area contributed by atoms with E-state index >= 15 is 0 Å². The predicted molar refractivity (Wildman–Crippen MR) is 111 cm³/mol. The summed E-state index contributed by atoms with van der Waals surface area (Å²) in [6.45, 7) is 0. The number of nitrogens with zero attached hydrogens (tertiary/aromatic N) is 4. The molecule has 12 heteroatoms. The van der Waals surface area contributed by atoms with Crippen LogP contribution in [0.1, 0.15) is 0 Å². The Morgan fingerprint density at radius 1 is 0.576 bits per heavy atom. The molecule has 0 amide bonds. The van der Waals surface area contributed by atoms with E-state index in [0.29, 0.717) is 0 Å². The summed E-state index contributed by atoms with van der Waals surface area (Å²) in [5.41, 5.74) is -1.99. The summed E-state index contributed by atoms with van der Waals surface area (Å²) in [6, 6.07) is 23.2. The van der Waals surface area contributed by atoms with Crippen LogP contribution in [0.3, 0.4) is 0 Å². The Morgan fingerprint density at radius 2 is 0.788 bits per heavy atom. The minimum Gasteiger partial charge on any atom is -0.741 e. The van der Waals surface area contributed by atoms with Gasteiger partial charge in [0.2, 0.25) is 0 Å². The predicted octanol–water partition coefficient (Wildman–Crippen LogP) is 4.34. The second-order valence-corrected chi connectivity index (χ2v) is 7.13. The van der Waals surface area contributed by atoms with Crippen LogP contribution in [-0.4, -0.2) is 38.4 Å². The molecular formula is C21H16AgF3N4O3S. The van der Waals surface area contributed by atoms with E-state index < -0.39 is 15.6 Å². The van der Waals surface area contributed by atoms with Gasteiger partial charge in [0.05, 0.1) is 22.8 Å². The van der Waals surface area contributed by atoms with Crippen molar-refractivity contribution in [1.82, 2.24) is 19.9 Å². The molecule has 0 fully saturated rings. The fourth-order valence-electron chi connectivity index (χ4n) is 2.06. The van der Waals surface area contributed by atoms with E-state index in [9.17, 15) is 13.2 Å². The summed E-state index contributed by atoms with van der Waals surface area (Å²) in [7, 11) is -6.09. The topological polar surface area (TPSA) is 109 Å². The number of alkyl halides is 3. The quantitative estimate of drug-likeness (QED) is 0.201. The van der Waals surface area contributed by atoms with E-state index in [-0.39, 0.29) is 22.4 Å². The zero-order valence-electron chi connectivity index (χ0n) is 16.6. The maximum Gasteiger partial charge on any atom is 1.00 e. The van der Waals surface area contributed by atoms with Crippen molar-refractivity contribution >= 4 is 10.1 Å². The van der Waals surface area contributed by atoms with Gasteiger partial charge in [-0.1, -0.05) is 24.3 Å². The van der Waals surface area contributed by atoms with Gasteiger partial charge in [-0.05, 0) is 48.5 Å². The maximum absolute atomic E-state index is 10.7. The Labute approximate surface area is 204 Å². The van der Waals surface area contributed by atoms with Crippen LogP contribution in [0.2, 0.25) is 0 Å². The number of pyridine rings is 4. The van der Waals surface area contributed by atoms with Crippen molar-refractivity contribution in [2.75, 3.05) is 0 Å². The summed E-state index contributed by atoms with van der Waals surface area (Å²) >= 11 is 0. The van der Waals surface area contributed by atoms with Crippen molar-refractivity contribution in [3.8, 4) is 22.8 Å². The molecule has 0 aromatic carbocycles. The molecule has 0 atom stereocenters.